The van der Waals surface area contributed by atoms with Gasteiger partial charge in [0.1, 0.15) is 5.82 Å². The normalized spacial score (nSPS) is 10.5. The van der Waals surface area contributed by atoms with Crippen LogP contribution in [0.2, 0.25) is 0 Å². The number of rotatable bonds is 4. The molecule has 0 saturated heterocycles. The first-order chi connectivity index (χ1) is 11.9. The number of aromatic nitrogens is 1. The molecule has 4 rings (SSSR count). The van der Waals surface area contributed by atoms with Crippen LogP contribution < -0.4 is 4.90 Å². The van der Waals surface area contributed by atoms with Gasteiger partial charge in [0.15, 0.2) is 0 Å². The highest BCUT2D eigenvalue weighted by atomic mass is 15.2. The average Bonchev–Trinajstić information content (AvgIpc) is 3.14. The lowest BCUT2D eigenvalue weighted by molar-refractivity contribution is 1.04. The summed E-state index contributed by atoms with van der Waals surface area (Å²) in [7, 11) is 0. The Morgan fingerprint density at radius 3 is 1.54 bits per heavy atom. The van der Waals surface area contributed by atoms with Crippen LogP contribution >= 0.6 is 0 Å². The van der Waals surface area contributed by atoms with Gasteiger partial charge in [0.25, 0.3) is 0 Å². The van der Waals surface area contributed by atoms with Crippen molar-refractivity contribution < 1.29 is 0 Å². The highest BCUT2D eigenvalue weighted by molar-refractivity contribution is 5.75. The maximum absolute atomic E-state index is 2.27. The SMILES string of the molecule is c1ccc(N(c2ccccc2)c2cccn2-c2ccccc2)cc1. The molecular formula is C22H18N2. The molecule has 0 radical (unpaired) electrons. The van der Waals surface area contributed by atoms with Gasteiger partial charge in [-0.05, 0) is 48.5 Å². The Morgan fingerprint density at radius 2 is 1.00 bits per heavy atom. The zero-order chi connectivity index (χ0) is 16.2. The van der Waals surface area contributed by atoms with Crippen molar-refractivity contribution in [3.8, 4) is 5.69 Å². The lowest BCUT2D eigenvalue weighted by atomic mass is 10.2. The third-order valence-corrected chi connectivity index (χ3v) is 4.02. The van der Waals surface area contributed by atoms with E-state index < -0.39 is 0 Å². The summed E-state index contributed by atoms with van der Waals surface area (Å²) in [6.07, 6.45) is 2.10. The summed E-state index contributed by atoms with van der Waals surface area (Å²) in [4.78, 5) is 2.27. The molecule has 0 aliphatic rings. The van der Waals surface area contributed by atoms with Crippen LogP contribution in [0.25, 0.3) is 5.69 Å². The molecule has 0 unspecified atom stereocenters. The maximum Gasteiger partial charge on any atom is 0.122 e. The second kappa shape index (κ2) is 6.47. The number of hydrogen-bond acceptors (Lipinski definition) is 1. The zero-order valence-electron chi connectivity index (χ0n) is 13.3. The van der Waals surface area contributed by atoms with Crippen molar-refractivity contribution in [2.45, 2.75) is 0 Å². The van der Waals surface area contributed by atoms with Gasteiger partial charge in [0.2, 0.25) is 0 Å². The van der Waals surface area contributed by atoms with Crippen molar-refractivity contribution in [3.05, 3.63) is 109 Å². The Bertz CT molecular complexity index is 857. The van der Waals surface area contributed by atoms with Gasteiger partial charge in [-0.3, -0.25) is 4.90 Å². The van der Waals surface area contributed by atoms with Crippen LogP contribution in [-0.2, 0) is 0 Å². The summed E-state index contributed by atoms with van der Waals surface area (Å²) < 4.78 is 2.21. The van der Waals surface area contributed by atoms with Crippen molar-refractivity contribution in [1.29, 1.82) is 0 Å². The molecule has 0 N–H and O–H groups in total. The van der Waals surface area contributed by atoms with E-state index in [-0.39, 0.29) is 0 Å². The minimum atomic E-state index is 1.11. The lowest BCUT2D eigenvalue weighted by Gasteiger charge is -2.26. The van der Waals surface area contributed by atoms with E-state index in [1.165, 1.54) is 0 Å². The van der Waals surface area contributed by atoms with Gasteiger partial charge in [-0.15, -0.1) is 0 Å². The van der Waals surface area contributed by atoms with Crippen LogP contribution in [0.15, 0.2) is 109 Å². The van der Waals surface area contributed by atoms with Crippen LogP contribution in [0, 0.1) is 0 Å². The first kappa shape index (κ1) is 14.3. The van der Waals surface area contributed by atoms with E-state index in [1.54, 1.807) is 0 Å². The second-order valence-corrected chi connectivity index (χ2v) is 5.58. The highest BCUT2D eigenvalue weighted by Crippen LogP contribution is 2.35. The molecule has 1 heterocycles. The van der Waals surface area contributed by atoms with Crippen LogP contribution in [0.3, 0.4) is 0 Å². The topological polar surface area (TPSA) is 8.17 Å². The molecule has 0 aliphatic carbocycles. The van der Waals surface area contributed by atoms with E-state index in [0.29, 0.717) is 0 Å². The van der Waals surface area contributed by atoms with Crippen LogP contribution in [0.5, 0.6) is 0 Å². The molecule has 0 saturated carbocycles. The molecule has 0 amide bonds. The quantitative estimate of drug-likeness (QED) is 0.452. The number of para-hydroxylation sites is 3. The zero-order valence-corrected chi connectivity index (χ0v) is 13.3. The third-order valence-electron chi connectivity index (χ3n) is 4.02. The standard InChI is InChI=1S/C22H18N2/c1-4-11-19(12-5-1)23-18-10-17-22(23)24(20-13-6-2-7-14-20)21-15-8-3-9-16-21/h1-18H. The predicted molar refractivity (Wildman–Crippen MR) is 100 cm³/mol. The minimum Gasteiger partial charge on any atom is -0.303 e. The van der Waals surface area contributed by atoms with Crippen molar-refractivity contribution in [1.82, 2.24) is 4.57 Å². The van der Waals surface area contributed by atoms with E-state index in [1.807, 2.05) is 18.2 Å². The fourth-order valence-corrected chi connectivity index (χ4v) is 2.93. The van der Waals surface area contributed by atoms with Crippen LogP contribution in [0.4, 0.5) is 17.2 Å². The summed E-state index contributed by atoms with van der Waals surface area (Å²) in [5, 5.41) is 0. The molecule has 0 bridgehead atoms. The van der Waals surface area contributed by atoms with Crippen LogP contribution in [0.1, 0.15) is 0 Å². The van der Waals surface area contributed by atoms with Gasteiger partial charge >= 0.3 is 0 Å². The molecule has 2 heteroatoms. The van der Waals surface area contributed by atoms with E-state index in [4.69, 9.17) is 0 Å². The third kappa shape index (κ3) is 2.70. The van der Waals surface area contributed by atoms with Crippen molar-refractivity contribution in [3.63, 3.8) is 0 Å². The first-order valence-electron chi connectivity index (χ1n) is 8.06. The highest BCUT2D eigenvalue weighted by Gasteiger charge is 2.15. The molecule has 116 valence electrons. The fourth-order valence-electron chi connectivity index (χ4n) is 2.93. The average molecular weight is 310 g/mol. The molecule has 2 nitrogen and oxygen atoms in total. The van der Waals surface area contributed by atoms with Gasteiger partial charge in [0, 0.05) is 23.3 Å². The fraction of sp³-hybridized carbons (Fsp3) is 0. The summed E-state index contributed by atoms with van der Waals surface area (Å²) in [6, 6.07) is 35.6. The van der Waals surface area contributed by atoms with Gasteiger partial charge in [-0.25, -0.2) is 0 Å². The number of hydrogen-bond donors (Lipinski definition) is 0. The largest absolute Gasteiger partial charge is 0.303 e. The maximum atomic E-state index is 2.27. The van der Waals surface area contributed by atoms with Gasteiger partial charge in [-0.2, -0.15) is 0 Å². The molecule has 0 aliphatic heterocycles. The molecule has 0 fully saturated rings. The van der Waals surface area contributed by atoms with E-state index >= 15 is 0 Å². The summed E-state index contributed by atoms with van der Waals surface area (Å²) >= 11 is 0. The Hall–Kier alpha value is -3.26. The lowest BCUT2D eigenvalue weighted by Crippen LogP contribution is -2.13. The van der Waals surface area contributed by atoms with Crippen molar-refractivity contribution >= 4 is 17.2 Å². The predicted octanol–water partition coefficient (Wildman–Crippen LogP) is 5.95. The van der Waals surface area contributed by atoms with Crippen molar-refractivity contribution in [2.24, 2.45) is 0 Å². The Morgan fingerprint density at radius 1 is 0.500 bits per heavy atom. The van der Waals surface area contributed by atoms with E-state index in [9.17, 15) is 0 Å². The Kier molecular flexibility index (Phi) is 3.86. The van der Waals surface area contributed by atoms with Crippen LogP contribution in [-0.4, -0.2) is 4.57 Å². The Labute approximate surface area is 142 Å². The minimum absolute atomic E-state index is 1.11. The monoisotopic (exact) mass is 310 g/mol. The van der Waals surface area contributed by atoms with E-state index in [0.717, 1.165) is 22.9 Å². The van der Waals surface area contributed by atoms with E-state index in [2.05, 4.69) is 101 Å². The second-order valence-electron chi connectivity index (χ2n) is 5.58. The molecular weight excluding hydrogens is 292 g/mol. The summed E-state index contributed by atoms with van der Waals surface area (Å²) in [5.74, 6) is 1.11. The molecule has 1 aromatic heterocycles. The molecule has 24 heavy (non-hydrogen) atoms. The summed E-state index contributed by atoms with van der Waals surface area (Å²) in [6.45, 7) is 0. The van der Waals surface area contributed by atoms with Gasteiger partial charge in [0.05, 0.1) is 0 Å². The molecule has 0 atom stereocenters. The molecule has 4 aromatic rings. The van der Waals surface area contributed by atoms with Gasteiger partial charge < -0.3 is 4.57 Å². The smallest absolute Gasteiger partial charge is 0.122 e. The molecule has 3 aromatic carbocycles. The number of benzene rings is 3. The summed E-state index contributed by atoms with van der Waals surface area (Å²) in [5.41, 5.74) is 3.42. The number of nitrogens with zero attached hydrogens (tertiary/aromatic N) is 2. The molecule has 0 spiro atoms. The van der Waals surface area contributed by atoms with Crippen molar-refractivity contribution in [2.75, 3.05) is 4.90 Å². The first-order valence-corrected chi connectivity index (χ1v) is 8.06. The Balaban J connectivity index is 1.89. The number of anilines is 3. The van der Waals surface area contributed by atoms with Gasteiger partial charge in [-0.1, -0.05) is 54.6 Å².